The van der Waals surface area contributed by atoms with E-state index in [0.29, 0.717) is 19.6 Å². The molecule has 0 radical (unpaired) electrons. The number of likely N-dealkylation sites (tertiary alicyclic amines) is 1. The van der Waals surface area contributed by atoms with Gasteiger partial charge in [-0.25, -0.2) is 9.07 Å². The van der Waals surface area contributed by atoms with E-state index in [1.807, 2.05) is 19.0 Å². The summed E-state index contributed by atoms with van der Waals surface area (Å²) in [5.41, 5.74) is 0.789. The molecule has 0 aliphatic carbocycles. The summed E-state index contributed by atoms with van der Waals surface area (Å²) in [4.78, 5) is 39.7. The van der Waals surface area contributed by atoms with Gasteiger partial charge in [-0.2, -0.15) is 5.10 Å². The van der Waals surface area contributed by atoms with Gasteiger partial charge >= 0.3 is 0 Å². The quantitative estimate of drug-likeness (QED) is 0.758. The van der Waals surface area contributed by atoms with Crippen molar-refractivity contribution in [1.29, 1.82) is 0 Å². The predicted octanol–water partition coefficient (Wildman–Crippen LogP) is 0.411. The van der Waals surface area contributed by atoms with Crippen molar-refractivity contribution in [3.63, 3.8) is 0 Å². The van der Waals surface area contributed by atoms with Gasteiger partial charge in [0.1, 0.15) is 11.5 Å². The summed E-state index contributed by atoms with van der Waals surface area (Å²) in [5.74, 6) is -1.02. The monoisotopic (exact) mass is 401 g/mol. The first kappa shape index (κ1) is 20.7. The van der Waals surface area contributed by atoms with Gasteiger partial charge in [-0.3, -0.25) is 14.4 Å². The molecule has 1 aromatic carbocycles. The lowest BCUT2D eigenvalue weighted by Crippen LogP contribution is -2.56. The summed E-state index contributed by atoms with van der Waals surface area (Å²) in [5, 5.41) is 6.87. The minimum atomic E-state index is -0.304. The van der Waals surface area contributed by atoms with Crippen molar-refractivity contribution in [1.82, 2.24) is 24.9 Å². The summed E-state index contributed by atoms with van der Waals surface area (Å²) >= 11 is 0. The Morgan fingerprint density at radius 1 is 1.21 bits per heavy atom. The fourth-order valence-corrected chi connectivity index (χ4v) is 3.21. The molecule has 0 saturated carbocycles. The molecule has 2 heterocycles. The first-order valence-electron chi connectivity index (χ1n) is 9.29. The van der Waals surface area contributed by atoms with E-state index < -0.39 is 0 Å². The Morgan fingerprint density at radius 2 is 1.86 bits per heavy atom. The zero-order valence-electron chi connectivity index (χ0n) is 16.6. The summed E-state index contributed by atoms with van der Waals surface area (Å²) in [6, 6.07) is 8.80. The van der Waals surface area contributed by atoms with Crippen molar-refractivity contribution in [2.75, 3.05) is 33.7 Å². The highest BCUT2D eigenvalue weighted by atomic mass is 19.1. The Hall–Kier alpha value is -3.07. The fraction of sp³-hybridized carbons (Fsp3) is 0.400. The smallest absolute Gasteiger partial charge is 0.274 e. The number of nitrogens with one attached hydrogen (secondary N) is 1. The van der Waals surface area contributed by atoms with Crippen LogP contribution in [0.5, 0.6) is 0 Å². The Labute approximate surface area is 167 Å². The lowest BCUT2D eigenvalue weighted by molar-refractivity contribution is -0.129. The molecule has 1 unspecified atom stereocenters. The summed E-state index contributed by atoms with van der Waals surface area (Å²) in [6.45, 7) is 0.987. The number of aryl methyl sites for hydroxylation is 1. The molecule has 0 bridgehead atoms. The number of benzene rings is 1. The van der Waals surface area contributed by atoms with E-state index in [2.05, 4.69) is 10.4 Å². The van der Waals surface area contributed by atoms with Crippen molar-refractivity contribution < 1.29 is 14.0 Å². The normalized spacial score (nSPS) is 15.1. The molecule has 0 spiro atoms. The van der Waals surface area contributed by atoms with E-state index in [0.717, 1.165) is 10.2 Å². The van der Waals surface area contributed by atoms with E-state index in [1.54, 1.807) is 12.1 Å². The molecular weight excluding hydrogens is 377 g/mol. The van der Waals surface area contributed by atoms with Crippen LogP contribution in [-0.4, -0.2) is 65.1 Å². The molecule has 154 valence electrons. The van der Waals surface area contributed by atoms with Crippen molar-refractivity contribution >= 4 is 11.8 Å². The standard InChI is InChI=1S/C20H24FN5O3/c1-24(2)17(13-4-6-15(21)7-5-13)10-22-19(28)14-11-26(12-14)20(29)16-8-9-18(27)25(3)23-16/h4-9,14,17H,10-12H2,1-3H3,(H,22,28). The second-order valence-electron chi connectivity index (χ2n) is 7.36. The van der Waals surface area contributed by atoms with Crippen LogP contribution in [0, 0.1) is 11.7 Å². The van der Waals surface area contributed by atoms with Crippen molar-refractivity contribution in [3.05, 3.63) is 63.8 Å². The third kappa shape index (κ3) is 4.68. The van der Waals surface area contributed by atoms with E-state index in [4.69, 9.17) is 0 Å². The highest BCUT2D eigenvalue weighted by Crippen LogP contribution is 2.20. The Morgan fingerprint density at radius 3 is 2.45 bits per heavy atom. The third-order valence-electron chi connectivity index (χ3n) is 5.07. The number of halogens is 1. The maximum Gasteiger partial charge on any atom is 0.274 e. The van der Waals surface area contributed by atoms with Crippen LogP contribution < -0.4 is 10.9 Å². The first-order valence-corrected chi connectivity index (χ1v) is 9.29. The molecule has 1 saturated heterocycles. The van der Waals surface area contributed by atoms with Crippen LogP contribution in [0.4, 0.5) is 4.39 Å². The Bertz CT molecular complexity index is 951. The Kier molecular flexibility index (Phi) is 6.07. The van der Waals surface area contributed by atoms with Gasteiger partial charge in [0.25, 0.3) is 11.5 Å². The van der Waals surface area contributed by atoms with E-state index in [9.17, 15) is 18.8 Å². The van der Waals surface area contributed by atoms with Gasteiger partial charge in [-0.05, 0) is 37.9 Å². The number of carbonyl (C=O) groups excluding carboxylic acids is 2. The maximum atomic E-state index is 13.2. The lowest BCUT2D eigenvalue weighted by Gasteiger charge is -2.38. The molecule has 8 nitrogen and oxygen atoms in total. The van der Waals surface area contributed by atoms with Crippen LogP contribution >= 0.6 is 0 Å². The molecule has 2 aromatic rings. The van der Waals surface area contributed by atoms with Crippen LogP contribution in [0.2, 0.25) is 0 Å². The summed E-state index contributed by atoms with van der Waals surface area (Å²) < 4.78 is 14.3. The molecule has 1 aliphatic heterocycles. The third-order valence-corrected chi connectivity index (χ3v) is 5.07. The molecule has 1 aliphatic rings. The predicted molar refractivity (Wildman–Crippen MR) is 105 cm³/mol. The lowest BCUT2D eigenvalue weighted by atomic mass is 9.98. The molecular formula is C20H24FN5O3. The van der Waals surface area contributed by atoms with Crippen LogP contribution in [0.1, 0.15) is 22.1 Å². The number of nitrogens with zero attached hydrogens (tertiary/aromatic N) is 4. The van der Waals surface area contributed by atoms with Crippen molar-refractivity contribution in [2.24, 2.45) is 13.0 Å². The van der Waals surface area contributed by atoms with E-state index in [1.165, 1.54) is 36.2 Å². The topological polar surface area (TPSA) is 87.5 Å². The molecule has 3 rings (SSSR count). The average Bonchev–Trinajstić information content (AvgIpc) is 2.64. The number of hydrogen-bond acceptors (Lipinski definition) is 5. The second kappa shape index (κ2) is 8.52. The number of amides is 2. The molecule has 2 amide bonds. The van der Waals surface area contributed by atoms with E-state index >= 15 is 0 Å². The zero-order valence-corrected chi connectivity index (χ0v) is 16.6. The SMILES string of the molecule is CN(C)C(CNC(=O)C1CN(C(=O)c2ccc(=O)n(C)n2)C1)c1ccc(F)cc1. The first-order chi connectivity index (χ1) is 13.8. The van der Waals surface area contributed by atoms with Crippen LogP contribution in [-0.2, 0) is 11.8 Å². The largest absolute Gasteiger partial charge is 0.354 e. The van der Waals surface area contributed by atoms with Gasteiger partial charge in [0.15, 0.2) is 0 Å². The van der Waals surface area contributed by atoms with Gasteiger partial charge in [0, 0.05) is 32.7 Å². The number of likely N-dealkylation sites (N-methyl/N-ethyl adjacent to an activating group) is 1. The molecule has 9 heteroatoms. The molecule has 29 heavy (non-hydrogen) atoms. The number of rotatable bonds is 6. The maximum absolute atomic E-state index is 13.2. The Balaban J connectivity index is 1.53. The summed E-state index contributed by atoms with van der Waals surface area (Å²) in [6.07, 6.45) is 0. The minimum Gasteiger partial charge on any atom is -0.354 e. The van der Waals surface area contributed by atoms with Gasteiger partial charge < -0.3 is 15.1 Å². The summed E-state index contributed by atoms with van der Waals surface area (Å²) in [7, 11) is 5.27. The van der Waals surface area contributed by atoms with Gasteiger partial charge in [-0.15, -0.1) is 0 Å². The fourth-order valence-electron chi connectivity index (χ4n) is 3.21. The van der Waals surface area contributed by atoms with Crippen molar-refractivity contribution in [3.8, 4) is 0 Å². The van der Waals surface area contributed by atoms with Crippen LogP contribution in [0.15, 0.2) is 41.2 Å². The molecule has 1 aromatic heterocycles. The number of aromatic nitrogens is 2. The van der Waals surface area contributed by atoms with E-state index in [-0.39, 0.29) is 40.8 Å². The molecule has 1 atom stereocenters. The highest BCUT2D eigenvalue weighted by Gasteiger charge is 2.36. The van der Waals surface area contributed by atoms with Gasteiger partial charge in [0.05, 0.1) is 12.0 Å². The minimum absolute atomic E-state index is 0.0906. The van der Waals surface area contributed by atoms with Crippen molar-refractivity contribution in [2.45, 2.75) is 6.04 Å². The van der Waals surface area contributed by atoms with Crippen LogP contribution in [0.3, 0.4) is 0 Å². The number of hydrogen-bond donors (Lipinski definition) is 1. The second-order valence-corrected chi connectivity index (χ2v) is 7.36. The highest BCUT2D eigenvalue weighted by molar-refractivity contribution is 5.94. The average molecular weight is 401 g/mol. The number of carbonyl (C=O) groups is 2. The van der Waals surface area contributed by atoms with Gasteiger partial charge in [0.2, 0.25) is 5.91 Å². The molecule has 1 fully saturated rings. The van der Waals surface area contributed by atoms with Crippen LogP contribution in [0.25, 0.3) is 0 Å². The van der Waals surface area contributed by atoms with Gasteiger partial charge in [-0.1, -0.05) is 12.1 Å². The zero-order chi connectivity index (χ0) is 21.1. The molecule has 1 N–H and O–H groups in total.